The highest BCUT2D eigenvalue weighted by atomic mass is 16.4. The van der Waals surface area contributed by atoms with Crippen LogP contribution in [-0.2, 0) is 9.59 Å². The number of aliphatic carboxylic acids is 1. The first-order valence-corrected chi connectivity index (χ1v) is 7.22. The number of urea groups is 1. The zero-order valence-electron chi connectivity index (χ0n) is 11.8. The summed E-state index contributed by atoms with van der Waals surface area (Å²) in [4.78, 5) is 37.6. The van der Waals surface area contributed by atoms with Gasteiger partial charge in [-0.25, -0.2) is 9.59 Å². The van der Waals surface area contributed by atoms with Crippen molar-refractivity contribution in [2.45, 2.75) is 37.8 Å². The number of likely N-dealkylation sites (tertiary alicyclic amines) is 2. The molecular weight excluding hydrogens is 278 g/mol. The van der Waals surface area contributed by atoms with E-state index in [1.54, 1.807) is 4.90 Å². The Hall–Kier alpha value is -1.83. The van der Waals surface area contributed by atoms with Gasteiger partial charge in [0, 0.05) is 39.0 Å². The predicted octanol–water partition coefficient (Wildman–Crippen LogP) is -0.772. The van der Waals surface area contributed by atoms with Crippen LogP contribution in [0.25, 0.3) is 0 Å². The maximum atomic E-state index is 11.9. The van der Waals surface area contributed by atoms with Crippen molar-refractivity contribution in [3.63, 3.8) is 0 Å². The molecule has 0 saturated carbocycles. The van der Waals surface area contributed by atoms with Crippen molar-refractivity contribution < 1.29 is 24.6 Å². The molecule has 2 aliphatic heterocycles. The van der Waals surface area contributed by atoms with Gasteiger partial charge in [-0.2, -0.15) is 0 Å². The van der Waals surface area contributed by atoms with Crippen LogP contribution in [0.4, 0.5) is 4.79 Å². The van der Waals surface area contributed by atoms with Crippen LogP contribution in [0.5, 0.6) is 0 Å². The second kappa shape index (κ2) is 6.75. The average Bonchev–Trinajstić information content (AvgIpc) is 3.07. The lowest BCUT2D eigenvalue weighted by Crippen LogP contribution is -2.47. The summed E-state index contributed by atoms with van der Waals surface area (Å²) in [5.74, 6) is -1.13. The van der Waals surface area contributed by atoms with E-state index in [2.05, 4.69) is 5.32 Å². The van der Waals surface area contributed by atoms with Gasteiger partial charge in [-0.1, -0.05) is 0 Å². The van der Waals surface area contributed by atoms with Gasteiger partial charge in [0.05, 0.1) is 6.10 Å². The molecule has 2 atom stereocenters. The molecule has 118 valence electrons. The average molecular weight is 299 g/mol. The molecule has 0 radical (unpaired) electrons. The van der Waals surface area contributed by atoms with E-state index in [0.717, 1.165) is 30.8 Å². The van der Waals surface area contributed by atoms with Gasteiger partial charge < -0.3 is 25.3 Å². The molecule has 2 fully saturated rings. The molecule has 2 heterocycles. The second-order valence-corrected chi connectivity index (χ2v) is 5.47. The number of carboxylic acids is 1. The van der Waals surface area contributed by atoms with Crippen molar-refractivity contribution in [1.82, 2.24) is 15.1 Å². The van der Waals surface area contributed by atoms with Gasteiger partial charge in [-0.15, -0.1) is 0 Å². The molecule has 0 aromatic rings. The van der Waals surface area contributed by atoms with Gasteiger partial charge in [0.25, 0.3) is 0 Å². The Morgan fingerprint density at radius 2 is 1.86 bits per heavy atom. The standard InChI is InChI=1S/C13H21N3O5/c17-9-7-10(12(19)20)16(8-9)13(21)14-4-3-11(18)15-5-1-2-6-15/h9-10,17H,1-8H2,(H,14,21)(H,19,20)/t9?,10-/m0/s1. The minimum atomic E-state index is -1.13. The smallest absolute Gasteiger partial charge is 0.326 e. The number of nitrogens with zero attached hydrogens (tertiary/aromatic N) is 2. The fourth-order valence-electron chi connectivity index (χ4n) is 2.77. The van der Waals surface area contributed by atoms with Crippen molar-refractivity contribution in [1.29, 1.82) is 0 Å². The van der Waals surface area contributed by atoms with Crippen LogP contribution in [-0.4, -0.2) is 76.2 Å². The number of carboxylic acid groups (broad SMARTS) is 1. The summed E-state index contributed by atoms with van der Waals surface area (Å²) in [7, 11) is 0. The maximum Gasteiger partial charge on any atom is 0.326 e. The Balaban J connectivity index is 1.76. The van der Waals surface area contributed by atoms with Crippen LogP contribution < -0.4 is 5.32 Å². The third-order valence-electron chi connectivity index (χ3n) is 3.90. The molecule has 0 aromatic heterocycles. The third-order valence-corrected chi connectivity index (χ3v) is 3.90. The van der Waals surface area contributed by atoms with Crippen molar-refractivity contribution in [3.8, 4) is 0 Å². The van der Waals surface area contributed by atoms with Crippen LogP contribution in [0.2, 0.25) is 0 Å². The summed E-state index contributed by atoms with van der Waals surface area (Å²) < 4.78 is 0. The lowest BCUT2D eigenvalue weighted by Gasteiger charge is -2.22. The minimum absolute atomic E-state index is 0.00285. The van der Waals surface area contributed by atoms with Crippen molar-refractivity contribution in [2.24, 2.45) is 0 Å². The van der Waals surface area contributed by atoms with Gasteiger partial charge in [0.1, 0.15) is 6.04 Å². The topological polar surface area (TPSA) is 110 Å². The number of aliphatic hydroxyl groups excluding tert-OH is 1. The zero-order chi connectivity index (χ0) is 15.4. The summed E-state index contributed by atoms with van der Waals surface area (Å²) in [6.07, 6.45) is 1.46. The Morgan fingerprint density at radius 1 is 1.19 bits per heavy atom. The predicted molar refractivity (Wildman–Crippen MR) is 72.6 cm³/mol. The fourth-order valence-corrected chi connectivity index (χ4v) is 2.77. The Labute approximate surface area is 122 Å². The number of rotatable bonds is 4. The second-order valence-electron chi connectivity index (χ2n) is 5.47. The summed E-state index contributed by atoms with van der Waals surface area (Å²) >= 11 is 0. The van der Waals surface area contributed by atoms with Crippen molar-refractivity contribution in [2.75, 3.05) is 26.2 Å². The molecule has 2 saturated heterocycles. The van der Waals surface area contributed by atoms with Gasteiger partial charge in [-0.3, -0.25) is 4.79 Å². The SMILES string of the molecule is O=C(O)[C@@H]1CC(O)CN1C(=O)NCCC(=O)N1CCCC1. The molecule has 21 heavy (non-hydrogen) atoms. The first kappa shape index (κ1) is 15.6. The van der Waals surface area contributed by atoms with Crippen LogP contribution in [0.15, 0.2) is 0 Å². The minimum Gasteiger partial charge on any atom is -0.480 e. The third kappa shape index (κ3) is 3.84. The highest BCUT2D eigenvalue weighted by molar-refractivity contribution is 5.84. The van der Waals surface area contributed by atoms with E-state index in [4.69, 9.17) is 5.11 Å². The Bertz CT molecular complexity index is 422. The van der Waals surface area contributed by atoms with Crippen molar-refractivity contribution >= 4 is 17.9 Å². The monoisotopic (exact) mass is 299 g/mol. The number of carbonyl (C=O) groups excluding carboxylic acids is 2. The molecule has 3 N–H and O–H groups in total. The number of hydrogen-bond acceptors (Lipinski definition) is 4. The van der Waals surface area contributed by atoms with Crippen molar-refractivity contribution in [3.05, 3.63) is 0 Å². The molecule has 0 aromatic carbocycles. The Kier molecular flexibility index (Phi) is 5.00. The van der Waals surface area contributed by atoms with Crippen LogP contribution in [0.3, 0.4) is 0 Å². The van der Waals surface area contributed by atoms with E-state index in [1.165, 1.54) is 0 Å². The van der Waals surface area contributed by atoms with E-state index in [0.29, 0.717) is 0 Å². The van der Waals surface area contributed by atoms with Crippen LogP contribution in [0.1, 0.15) is 25.7 Å². The molecule has 0 spiro atoms. The first-order valence-electron chi connectivity index (χ1n) is 7.22. The molecule has 2 aliphatic rings. The summed E-state index contributed by atoms with van der Waals surface area (Å²) in [5, 5.41) is 21.0. The normalized spacial score (nSPS) is 25.2. The molecule has 3 amide bonds. The van der Waals surface area contributed by atoms with E-state index >= 15 is 0 Å². The van der Waals surface area contributed by atoms with E-state index in [9.17, 15) is 19.5 Å². The maximum absolute atomic E-state index is 11.9. The lowest BCUT2D eigenvalue weighted by molar-refractivity contribution is -0.141. The van der Waals surface area contributed by atoms with E-state index in [-0.39, 0.29) is 31.8 Å². The van der Waals surface area contributed by atoms with E-state index < -0.39 is 24.1 Å². The molecular formula is C13H21N3O5. The highest BCUT2D eigenvalue weighted by Gasteiger charge is 2.38. The largest absolute Gasteiger partial charge is 0.480 e. The first-order chi connectivity index (χ1) is 9.99. The number of amides is 3. The lowest BCUT2D eigenvalue weighted by atomic mass is 10.2. The molecule has 8 heteroatoms. The number of carbonyl (C=O) groups is 3. The molecule has 2 rings (SSSR count). The van der Waals surface area contributed by atoms with Gasteiger partial charge in [0.2, 0.25) is 5.91 Å². The van der Waals surface area contributed by atoms with Gasteiger partial charge >= 0.3 is 12.0 Å². The van der Waals surface area contributed by atoms with Crippen LogP contribution >= 0.6 is 0 Å². The molecule has 0 bridgehead atoms. The number of hydrogen-bond donors (Lipinski definition) is 3. The fraction of sp³-hybridized carbons (Fsp3) is 0.769. The zero-order valence-corrected chi connectivity index (χ0v) is 11.8. The highest BCUT2D eigenvalue weighted by Crippen LogP contribution is 2.18. The number of aliphatic hydroxyl groups is 1. The van der Waals surface area contributed by atoms with E-state index in [1.807, 2.05) is 0 Å². The summed E-state index contributed by atoms with van der Waals surface area (Å²) in [5.41, 5.74) is 0. The Morgan fingerprint density at radius 3 is 2.48 bits per heavy atom. The summed E-state index contributed by atoms with van der Waals surface area (Å²) in [6.45, 7) is 1.72. The van der Waals surface area contributed by atoms with Gasteiger partial charge in [0.15, 0.2) is 0 Å². The van der Waals surface area contributed by atoms with Gasteiger partial charge in [-0.05, 0) is 12.8 Å². The number of β-amino-alcohol motifs (C(OH)–C–C–N with tert-alkyl or cyclic N) is 1. The quantitative estimate of drug-likeness (QED) is 0.631. The number of nitrogens with one attached hydrogen (secondary N) is 1. The molecule has 8 nitrogen and oxygen atoms in total. The molecule has 1 unspecified atom stereocenters. The molecule has 0 aliphatic carbocycles. The summed E-state index contributed by atoms with van der Waals surface area (Å²) in [6, 6.07) is -1.55. The van der Waals surface area contributed by atoms with Crippen LogP contribution in [0, 0.1) is 0 Å².